The zero-order chi connectivity index (χ0) is 21.6. The highest BCUT2D eigenvalue weighted by Crippen LogP contribution is 2.23. The maximum Gasteiger partial charge on any atom is 0.221 e. The number of aromatic nitrogens is 2. The van der Waals surface area contributed by atoms with Crippen molar-refractivity contribution in [1.29, 1.82) is 0 Å². The summed E-state index contributed by atoms with van der Waals surface area (Å²) < 4.78 is 0. The Hall–Kier alpha value is -2.47. The number of amides is 1. The third-order valence-electron chi connectivity index (χ3n) is 5.62. The number of benzene rings is 1. The predicted molar refractivity (Wildman–Crippen MR) is 123 cm³/mol. The summed E-state index contributed by atoms with van der Waals surface area (Å²) in [5.74, 6) is 1.44. The summed E-state index contributed by atoms with van der Waals surface area (Å²) in [6, 6.07) is 11.6. The molecule has 0 saturated carbocycles. The van der Waals surface area contributed by atoms with Gasteiger partial charge < -0.3 is 15.5 Å². The number of rotatable bonds is 7. The van der Waals surface area contributed by atoms with Gasteiger partial charge in [0.25, 0.3) is 0 Å². The average molecular weight is 410 g/mol. The van der Waals surface area contributed by atoms with E-state index in [0.29, 0.717) is 11.3 Å². The van der Waals surface area contributed by atoms with Crippen molar-refractivity contribution in [2.24, 2.45) is 11.3 Å². The zero-order valence-electron chi connectivity index (χ0n) is 18.7. The summed E-state index contributed by atoms with van der Waals surface area (Å²) in [6.07, 6.45) is 3.74. The van der Waals surface area contributed by atoms with E-state index in [9.17, 15) is 4.79 Å². The Labute approximate surface area is 180 Å². The summed E-state index contributed by atoms with van der Waals surface area (Å²) in [6.45, 7) is 13.0. The van der Waals surface area contributed by atoms with Gasteiger partial charge >= 0.3 is 0 Å². The molecular weight excluding hydrogens is 374 g/mol. The largest absolute Gasteiger partial charge is 0.368 e. The summed E-state index contributed by atoms with van der Waals surface area (Å²) in [5, 5.41) is 14.9. The van der Waals surface area contributed by atoms with Crippen LogP contribution in [-0.4, -0.2) is 47.2 Å². The lowest BCUT2D eigenvalue weighted by Crippen LogP contribution is -2.37. The second-order valence-electron chi connectivity index (χ2n) is 9.54. The van der Waals surface area contributed by atoms with Crippen molar-refractivity contribution in [3.8, 4) is 11.3 Å². The number of carbonyl (C=O) groups is 1. The van der Waals surface area contributed by atoms with Crippen molar-refractivity contribution in [1.82, 2.24) is 15.1 Å². The summed E-state index contributed by atoms with van der Waals surface area (Å²) in [7, 11) is 0. The molecule has 3 rings (SSSR count). The van der Waals surface area contributed by atoms with Crippen LogP contribution in [0.25, 0.3) is 11.3 Å². The molecule has 0 spiro atoms. The maximum absolute atomic E-state index is 11.1. The minimum Gasteiger partial charge on any atom is -0.368 e. The molecule has 1 aromatic heterocycles. The molecule has 2 heterocycles. The Bertz CT molecular complexity index is 803. The topological polar surface area (TPSA) is 70.2 Å². The molecule has 0 radical (unpaired) electrons. The number of anilines is 2. The lowest BCUT2D eigenvalue weighted by Gasteiger charge is -2.33. The van der Waals surface area contributed by atoms with E-state index in [2.05, 4.69) is 46.5 Å². The molecular formula is C24H35N5O. The van der Waals surface area contributed by atoms with Crippen LogP contribution in [0.4, 0.5) is 11.5 Å². The van der Waals surface area contributed by atoms with Crippen molar-refractivity contribution in [2.45, 2.75) is 47.0 Å². The van der Waals surface area contributed by atoms with Gasteiger partial charge in [0.1, 0.15) is 5.82 Å². The third-order valence-corrected chi connectivity index (χ3v) is 5.62. The first kappa shape index (κ1) is 22.2. The summed E-state index contributed by atoms with van der Waals surface area (Å²) >= 11 is 0. The van der Waals surface area contributed by atoms with Crippen LogP contribution in [0.1, 0.15) is 47.0 Å². The fourth-order valence-corrected chi connectivity index (χ4v) is 3.66. The minimum atomic E-state index is -0.0754. The molecule has 6 heteroatoms. The van der Waals surface area contributed by atoms with Gasteiger partial charge in [0, 0.05) is 24.7 Å². The number of nitrogens with one attached hydrogen (secondary N) is 2. The Morgan fingerprint density at radius 1 is 1.07 bits per heavy atom. The molecule has 1 aliphatic heterocycles. The predicted octanol–water partition coefficient (Wildman–Crippen LogP) is 4.66. The molecule has 6 nitrogen and oxygen atoms in total. The van der Waals surface area contributed by atoms with Crippen molar-refractivity contribution in [3.63, 3.8) is 0 Å². The Kier molecular flexibility index (Phi) is 7.43. The van der Waals surface area contributed by atoms with Crippen LogP contribution in [0, 0.1) is 11.3 Å². The summed E-state index contributed by atoms with van der Waals surface area (Å²) in [5.41, 5.74) is 2.99. The Balaban J connectivity index is 1.43. The molecule has 1 amide bonds. The molecule has 1 fully saturated rings. The number of hydrogen-bond donors (Lipinski definition) is 2. The normalized spacial score (nSPS) is 15.7. The van der Waals surface area contributed by atoms with Gasteiger partial charge in [-0.3, -0.25) is 4.79 Å². The smallest absolute Gasteiger partial charge is 0.221 e. The first-order valence-corrected chi connectivity index (χ1v) is 11.0. The van der Waals surface area contributed by atoms with Gasteiger partial charge in [-0.05, 0) is 74.5 Å². The number of nitrogens with zero attached hydrogens (tertiary/aromatic N) is 3. The van der Waals surface area contributed by atoms with Crippen LogP contribution >= 0.6 is 0 Å². The Morgan fingerprint density at radius 3 is 2.33 bits per heavy atom. The van der Waals surface area contributed by atoms with Crippen LogP contribution in [0.2, 0.25) is 0 Å². The molecule has 1 aromatic carbocycles. The highest BCUT2D eigenvalue weighted by molar-refractivity contribution is 5.88. The van der Waals surface area contributed by atoms with Gasteiger partial charge in [-0.2, -0.15) is 0 Å². The van der Waals surface area contributed by atoms with E-state index in [0.717, 1.165) is 29.3 Å². The van der Waals surface area contributed by atoms with Gasteiger partial charge in [0.2, 0.25) is 5.91 Å². The quantitative estimate of drug-likeness (QED) is 0.696. The van der Waals surface area contributed by atoms with Gasteiger partial charge in [-0.25, -0.2) is 0 Å². The van der Waals surface area contributed by atoms with Crippen LogP contribution < -0.4 is 10.6 Å². The molecule has 30 heavy (non-hydrogen) atoms. The van der Waals surface area contributed by atoms with E-state index >= 15 is 0 Å². The standard InChI is InChI=1S/C24H35N5O/c1-18(30)26-21-7-5-20(6-8-21)22-9-10-23(28-27-22)25-17-19-11-14-29(15-12-19)16-13-24(2,3)4/h5-10,19H,11-17H2,1-4H3,(H,25,28)(H,26,30). The first-order chi connectivity index (χ1) is 14.3. The molecule has 1 saturated heterocycles. The number of likely N-dealkylation sites (tertiary alicyclic amines) is 1. The van der Waals surface area contributed by atoms with E-state index < -0.39 is 0 Å². The highest BCUT2D eigenvalue weighted by Gasteiger charge is 2.20. The number of hydrogen-bond acceptors (Lipinski definition) is 5. The van der Waals surface area contributed by atoms with Gasteiger partial charge in [0.05, 0.1) is 5.69 Å². The van der Waals surface area contributed by atoms with Crippen molar-refractivity contribution < 1.29 is 4.79 Å². The molecule has 0 unspecified atom stereocenters. The second kappa shape index (κ2) is 10.0. The lowest BCUT2D eigenvalue weighted by molar-refractivity contribution is -0.114. The van der Waals surface area contributed by atoms with Crippen molar-refractivity contribution >= 4 is 17.4 Å². The molecule has 162 valence electrons. The van der Waals surface area contributed by atoms with Gasteiger partial charge in [-0.15, -0.1) is 10.2 Å². The van der Waals surface area contributed by atoms with E-state index in [1.165, 1.54) is 45.8 Å². The van der Waals surface area contributed by atoms with Crippen molar-refractivity contribution in [3.05, 3.63) is 36.4 Å². The fraction of sp³-hybridized carbons (Fsp3) is 0.542. The second-order valence-corrected chi connectivity index (χ2v) is 9.54. The number of piperidine rings is 1. The molecule has 1 aliphatic rings. The van der Waals surface area contributed by atoms with E-state index in [-0.39, 0.29) is 5.91 Å². The Morgan fingerprint density at radius 2 is 1.77 bits per heavy atom. The molecule has 2 N–H and O–H groups in total. The molecule has 0 atom stereocenters. The van der Waals surface area contributed by atoms with Gasteiger partial charge in [-0.1, -0.05) is 32.9 Å². The van der Waals surface area contributed by atoms with Crippen molar-refractivity contribution in [2.75, 3.05) is 36.8 Å². The van der Waals surface area contributed by atoms with Crippen LogP contribution in [-0.2, 0) is 4.79 Å². The molecule has 0 aliphatic carbocycles. The van der Waals surface area contributed by atoms with E-state index in [4.69, 9.17) is 0 Å². The minimum absolute atomic E-state index is 0.0754. The fourth-order valence-electron chi connectivity index (χ4n) is 3.66. The maximum atomic E-state index is 11.1. The molecule has 0 bridgehead atoms. The van der Waals surface area contributed by atoms with Crippen LogP contribution in [0.15, 0.2) is 36.4 Å². The molecule has 2 aromatic rings. The summed E-state index contributed by atoms with van der Waals surface area (Å²) in [4.78, 5) is 13.7. The van der Waals surface area contributed by atoms with Gasteiger partial charge in [0.15, 0.2) is 0 Å². The van der Waals surface area contributed by atoms with Crippen LogP contribution in [0.3, 0.4) is 0 Å². The zero-order valence-corrected chi connectivity index (χ0v) is 18.7. The highest BCUT2D eigenvalue weighted by atomic mass is 16.1. The first-order valence-electron chi connectivity index (χ1n) is 11.0. The third kappa shape index (κ3) is 7.10. The number of carbonyl (C=O) groups excluding carboxylic acids is 1. The lowest BCUT2D eigenvalue weighted by atomic mass is 9.91. The SMILES string of the molecule is CC(=O)Nc1ccc(-c2ccc(NCC3CCN(CCC(C)(C)C)CC3)nn2)cc1. The average Bonchev–Trinajstić information content (AvgIpc) is 2.71. The van der Waals surface area contributed by atoms with E-state index in [1.807, 2.05) is 36.4 Å². The van der Waals surface area contributed by atoms with Crippen LogP contribution in [0.5, 0.6) is 0 Å². The monoisotopic (exact) mass is 409 g/mol. The van der Waals surface area contributed by atoms with E-state index in [1.54, 1.807) is 0 Å².